The number of fused-ring (bicyclic) bond motifs is 1. The molecule has 1 unspecified atom stereocenters. The van der Waals surface area contributed by atoms with Crippen LogP contribution >= 0.6 is 11.6 Å². The first-order valence-corrected chi connectivity index (χ1v) is 8.06. The summed E-state index contributed by atoms with van der Waals surface area (Å²) >= 11 is 6.05. The highest BCUT2D eigenvalue weighted by Crippen LogP contribution is 2.37. The molecule has 0 spiro atoms. The third-order valence-electron chi connectivity index (χ3n) is 3.62. The molecule has 0 radical (unpaired) electrons. The standard InChI is InChI=1S/C18H19ClO5/c1-11-7-5-3-2-4-6-8-12(20)9-13-16(18(23)24-11)14(21)10-15(22)17(13)19/h3,5-6,8,10-11,21-22H,2,4,7,9H2,1H3. The second-order valence-electron chi connectivity index (χ2n) is 5.63. The fourth-order valence-corrected chi connectivity index (χ4v) is 2.63. The molecule has 1 atom stereocenters. The van der Waals surface area contributed by atoms with Crippen molar-refractivity contribution in [2.24, 2.45) is 0 Å². The number of halogens is 1. The van der Waals surface area contributed by atoms with Gasteiger partial charge in [-0.1, -0.05) is 29.8 Å². The van der Waals surface area contributed by atoms with Crippen LogP contribution < -0.4 is 0 Å². The molecule has 0 amide bonds. The van der Waals surface area contributed by atoms with E-state index in [0.717, 1.165) is 12.5 Å². The number of phenols is 2. The summed E-state index contributed by atoms with van der Waals surface area (Å²) in [6, 6.07) is 0.969. The van der Waals surface area contributed by atoms with E-state index in [9.17, 15) is 19.8 Å². The van der Waals surface area contributed by atoms with E-state index in [0.29, 0.717) is 12.8 Å². The lowest BCUT2D eigenvalue weighted by Gasteiger charge is -2.16. The Bertz CT molecular complexity index is 706. The smallest absolute Gasteiger partial charge is 0.342 e. The molecule has 1 aromatic carbocycles. The number of carbonyl (C=O) groups is 2. The highest BCUT2D eigenvalue weighted by molar-refractivity contribution is 6.33. The second-order valence-corrected chi connectivity index (χ2v) is 6.01. The average Bonchev–Trinajstić information content (AvgIpc) is 2.50. The van der Waals surface area contributed by atoms with E-state index in [4.69, 9.17) is 16.3 Å². The molecule has 128 valence electrons. The summed E-state index contributed by atoms with van der Waals surface area (Å²) < 4.78 is 5.31. The summed E-state index contributed by atoms with van der Waals surface area (Å²) in [5.74, 6) is -1.93. The summed E-state index contributed by atoms with van der Waals surface area (Å²) in [5, 5.41) is 19.7. The van der Waals surface area contributed by atoms with Gasteiger partial charge in [0.15, 0.2) is 5.78 Å². The zero-order valence-corrected chi connectivity index (χ0v) is 14.0. The van der Waals surface area contributed by atoms with E-state index in [1.807, 2.05) is 12.2 Å². The van der Waals surface area contributed by atoms with Crippen molar-refractivity contribution in [3.63, 3.8) is 0 Å². The Morgan fingerprint density at radius 2 is 1.83 bits per heavy atom. The summed E-state index contributed by atoms with van der Waals surface area (Å²) in [6.45, 7) is 1.73. The molecule has 0 fully saturated rings. The summed E-state index contributed by atoms with van der Waals surface area (Å²) in [6.07, 6.45) is 8.44. The van der Waals surface area contributed by atoms with E-state index >= 15 is 0 Å². The van der Waals surface area contributed by atoms with Crippen LogP contribution in [0.15, 0.2) is 30.4 Å². The van der Waals surface area contributed by atoms with E-state index in [1.165, 1.54) is 6.08 Å². The van der Waals surface area contributed by atoms with Gasteiger partial charge in [0, 0.05) is 24.5 Å². The van der Waals surface area contributed by atoms with Gasteiger partial charge in [-0.15, -0.1) is 0 Å². The van der Waals surface area contributed by atoms with Gasteiger partial charge in [0.05, 0.1) is 5.02 Å². The monoisotopic (exact) mass is 350 g/mol. The molecule has 0 aliphatic carbocycles. The lowest BCUT2D eigenvalue weighted by molar-refractivity contribution is -0.114. The highest BCUT2D eigenvalue weighted by Gasteiger charge is 2.25. The van der Waals surface area contributed by atoms with Gasteiger partial charge >= 0.3 is 5.97 Å². The quantitative estimate of drug-likeness (QED) is 0.550. The van der Waals surface area contributed by atoms with Gasteiger partial charge in [0.25, 0.3) is 0 Å². The first kappa shape index (κ1) is 18.1. The Hall–Kier alpha value is -2.27. The molecular weight excluding hydrogens is 332 g/mol. The van der Waals surface area contributed by atoms with Crippen LogP contribution in [0.5, 0.6) is 11.5 Å². The molecule has 1 aliphatic rings. The minimum atomic E-state index is -0.779. The lowest BCUT2D eigenvalue weighted by atomic mass is 9.99. The minimum absolute atomic E-state index is 0.0635. The van der Waals surface area contributed by atoms with Gasteiger partial charge in [-0.2, -0.15) is 0 Å². The summed E-state index contributed by atoms with van der Waals surface area (Å²) in [5.41, 5.74) is -0.124. The molecule has 6 heteroatoms. The predicted molar refractivity (Wildman–Crippen MR) is 90.5 cm³/mol. The number of benzene rings is 1. The second kappa shape index (κ2) is 8.02. The maximum absolute atomic E-state index is 12.4. The molecule has 0 bridgehead atoms. The molecule has 1 aromatic rings. The van der Waals surface area contributed by atoms with Gasteiger partial charge in [0.1, 0.15) is 23.2 Å². The van der Waals surface area contributed by atoms with Crippen molar-refractivity contribution in [1.82, 2.24) is 0 Å². The molecule has 0 aromatic heterocycles. The Labute approximate surface area is 145 Å². The predicted octanol–water partition coefficient (Wildman–Crippen LogP) is 3.70. The Morgan fingerprint density at radius 3 is 2.58 bits per heavy atom. The number of hydrogen-bond donors (Lipinski definition) is 2. The summed E-state index contributed by atoms with van der Waals surface area (Å²) in [4.78, 5) is 24.5. The fraction of sp³-hybridized carbons (Fsp3) is 0.333. The molecule has 0 saturated heterocycles. The maximum Gasteiger partial charge on any atom is 0.342 e. The number of hydrogen-bond acceptors (Lipinski definition) is 5. The normalized spacial score (nSPS) is 19.5. The molecule has 2 rings (SSSR count). The van der Waals surface area contributed by atoms with Crippen molar-refractivity contribution in [3.8, 4) is 11.5 Å². The number of cyclic esters (lactones) is 1. The van der Waals surface area contributed by atoms with Gasteiger partial charge in [-0.05, 0) is 25.8 Å². The van der Waals surface area contributed by atoms with Crippen LogP contribution in [0.2, 0.25) is 5.02 Å². The van der Waals surface area contributed by atoms with Gasteiger partial charge in [0.2, 0.25) is 0 Å². The van der Waals surface area contributed by atoms with E-state index in [1.54, 1.807) is 13.0 Å². The average molecular weight is 351 g/mol. The SMILES string of the molecule is CC1CC=CCCC=CC(=O)Cc2c(Cl)c(O)cc(O)c2C(=O)O1. The molecule has 1 heterocycles. The van der Waals surface area contributed by atoms with E-state index in [-0.39, 0.29) is 28.4 Å². The number of ketones is 1. The van der Waals surface area contributed by atoms with Crippen LogP contribution in [-0.2, 0) is 16.0 Å². The molecule has 0 saturated carbocycles. The maximum atomic E-state index is 12.4. The van der Waals surface area contributed by atoms with Crippen molar-refractivity contribution in [3.05, 3.63) is 46.5 Å². The van der Waals surface area contributed by atoms with Crippen LogP contribution in [0, 0.1) is 0 Å². The lowest BCUT2D eigenvalue weighted by Crippen LogP contribution is -2.17. The molecule has 24 heavy (non-hydrogen) atoms. The van der Waals surface area contributed by atoms with Crippen molar-refractivity contribution in [1.29, 1.82) is 0 Å². The van der Waals surface area contributed by atoms with Crippen molar-refractivity contribution >= 4 is 23.4 Å². The van der Waals surface area contributed by atoms with Crippen LogP contribution in [0.4, 0.5) is 0 Å². The molecular formula is C18H19ClO5. The first-order chi connectivity index (χ1) is 11.4. The van der Waals surface area contributed by atoms with Crippen molar-refractivity contribution in [2.45, 2.75) is 38.7 Å². The van der Waals surface area contributed by atoms with Crippen LogP contribution in [0.3, 0.4) is 0 Å². The van der Waals surface area contributed by atoms with Gasteiger partial charge in [-0.3, -0.25) is 4.79 Å². The van der Waals surface area contributed by atoms with E-state index < -0.39 is 23.6 Å². The number of carbonyl (C=O) groups excluding carboxylic acids is 2. The number of allylic oxidation sites excluding steroid dienone is 3. The van der Waals surface area contributed by atoms with Crippen molar-refractivity contribution < 1.29 is 24.5 Å². The van der Waals surface area contributed by atoms with Crippen LogP contribution in [-0.4, -0.2) is 28.1 Å². The Morgan fingerprint density at radius 1 is 1.12 bits per heavy atom. The largest absolute Gasteiger partial charge is 0.507 e. The molecule has 5 nitrogen and oxygen atoms in total. The number of esters is 1. The topological polar surface area (TPSA) is 83.8 Å². The fourth-order valence-electron chi connectivity index (χ4n) is 2.41. The number of rotatable bonds is 0. The van der Waals surface area contributed by atoms with Crippen LogP contribution in [0.25, 0.3) is 0 Å². The molecule has 1 aliphatic heterocycles. The van der Waals surface area contributed by atoms with E-state index in [2.05, 4.69) is 0 Å². The third-order valence-corrected chi connectivity index (χ3v) is 4.04. The first-order valence-electron chi connectivity index (χ1n) is 7.68. The van der Waals surface area contributed by atoms with Gasteiger partial charge < -0.3 is 14.9 Å². The third kappa shape index (κ3) is 4.38. The highest BCUT2D eigenvalue weighted by atomic mass is 35.5. The van der Waals surface area contributed by atoms with Crippen LogP contribution in [0.1, 0.15) is 42.1 Å². The van der Waals surface area contributed by atoms with Crippen molar-refractivity contribution in [2.75, 3.05) is 0 Å². The zero-order chi connectivity index (χ0) is 17.7. The minimum Gasteiger partial charge on any atom is -0.507 e. The Balaban J connectivity index is 2.49. The zero-order valence-electron chi connectivity index (χ0n) is 13.3. The van der Waals surface area contributed by atoms with Gasteiger partial charge in [-0.25, -0.2) is 4.79 Å². The Kier molecular flexibility index (Phi) is 6.04. The number of ether oxygens (including phenoxy) is 1. The molecule has 2 N–H and O–H groups in total. The summed E-state index contributed by atoms with van der Waals surface area (Å²) in [7, 11) is 0. The number of phenolic OH excluding ortho intramolecular Hbond substituents is 2. The number of aromatic hydroxyl groups is 2.